The highest BCUT2D eigenvalue weighted by molar-refractivity contribution is 5.90. The summed E-state index contributed by atoms with van der Waals surface area (Å²) in [4.78, 5) is 25.1. The van der Waals surface area contributed by atoms with Crippen LogP contribution in [0.1, 0.15) is 33.1 Å². The molecule has 1 N–H and O–H groups in total. The van der Waals surface area contributed by atoms with Crippen LogP contribution < -0.4 is 5.32 Å². The van der Waals surface area contributed by atoms with Crippen LogP contribution >= 0.6 is 0 Å². The molecule has 0 aromatic rings. The van der Waals surface area contributed by atoms with E-state index in [1.807, 2.05) is 13.8 Å². The molecule has 0 heterocycles. The fourth-order valence-corrected chi connectivity index (χ4v) is 1.93. The fourth-order valence-electron chi connectivity index (χ4n) is 1.93. The lowest BCUT2D eigenvalue weighted by molar-refractivity contribution is -0.136. The molecule has 5 heteroatoms. The van der Waals surface area contributed by atoms with Gasteiger partial charge in [-0.2, -0.15) is 5.26 Å². The first-order valence-electron chi connectivity index (χ1n) is 6.07. The van der Waals surface area contributed by atoms with E-state index >= 15 is 0 Å². The molecule has 0 aliphatic heterocycles. The highest BCUT2D eigenvalue weighted by Gasteiger charge is 2.44. The molecule has 1 rings (SSSR count). The number of hydrogen-bond acceptors (Lipinski definition) is 3. The first kappa shape index (κ1) is 13.5. The predicted octanol–water partition coefficient (Wildman–Crippen LogP) is 0.665. The summed E-state index contributed by atoms with van der Waals surface area (Å²) < 4.78 is 0. The van der Waals surface area contributed by atoms with E-state index in [0.717, 1.165) is 6.42 Å². The molecular weight excluding hydrogens is 218 g/mol. The van der Waals surface area contributed by atoms with Crippen molar-refractivity contribution < 1.29 is 9.59 Å². The van der Waals surface area contributed by atoms with E-state index in [2.05, 4.69) is 11.4 Å². The zero-order chi connectivity index (χ0) is 12.9. The first-order valence-corrected chi connectivity index (χ1v) is 6.07. The van der Waals surface area contributed by atoms with Crippen molar-refractivity contribution in [1.29, 1.82) is 5.26 Å². The summed E-state index contributed by atoms with van der Waals surface area (Å²) in [7, 11) is 0. The number of nitriles is 1. The number of rotatable bonds is 5. The van der Waals surface area contributed by atoms with Crippen molar-refractivity contribution in [2.75, 3.05) is 19.6 Å². The van der Waals surface area contributed by atoms with Gasteiger partial charge in [-0.15, -0.1) is 0 Å². The van der Waals surface area contributed by atoms with Crippen LogP contribution in [0.25, 0.3) is 0 Å². The molecule has 0 bridgehead atoms. The van der Waals surface area contributed by atoms with E-state index < -0.39 is 5.41 Å². The fraction of sp³-hybridized carbons (Fsp3) is 0.750. The van der Waals surface area contributed by atoms with Gasteiger partial charge in [-0.05, 0) is 33.1 Å². The Hall–Kier alpha value is -1.57. The molecule has 17 heavy (non-hydrogen) atoms. The van der Waals surface area contributed by atoms with Crippen LogP contribution in [0.5, 0.6) is 0 Å². The van der Waals surface area contributed by atoms with Crippen LogP contribution in [-0.2, 0) is 9.59 Å². The van der Waals surface area contributed by atoms with Crippen molar-refractivity contribution in [3.63, 3.8) is 0 Å². The van der Waals surface area contributed by atoms with Crippen molar-refractivity contribution in [1.82, 2.24) is 10.2 Å². The van der Waals surface area contributed by atoms with Gasteiger partial charge in [-0.25, -0.2) is 0 Å². The Kier molecular flexibility index (Phi) is 4.50. The Bertz CT molecular complexity index is 338. The number of hydrogen-bond donors (Lipinski definition) is 1. The van der Waals surface area contributed by atoms with Gasteiger partial charge in [0.2, 0.25) is 11.8 Å². The van der Waals surface area contributed by atoms with Crippen LogP contribution in [0.15, 0.2) is 0 Å². The lowest BCUT2D eigenvalue weighted by Gasteiger charge is -2.33. The van der Waals surface area contributed by atoms with Crippen molar-refractivity contribution in [2.24, 2.45) is 5.41 Å². The Labute approximate surface area is 102 Å². The van der Waals surface area contributed by atoms with Crippen molar-refractivity contribution >= 4 is 11.8 Å². The van der Waals surface area contributed by atoms with Crippen molar-refractivity contribution in [3.8, 4) is 6.07 Å². The van der Waals surface area contributed by atoms with Gasteiger partial charge >= 0.3 is 0 Å². The second-order valence-corrected chi connectivity index (χ2v) is 4.30. The van der Waals surface area contributed by atoms with E-state index in [-0.39, 0.29) is 18.4 Å². The Balaban J connectivity index is 2.43. The van der Waals surface area contributed by atoms with Gasteiger partial charge in [0.25, 0.3) is 0 Å². The third kappa shape index (κ3) is 2.76. The topological polar surface area (TPSA) is 73.2 Å². The maximum Gasteiger partial charge on any atom is 0.241 e. The Morgan fingerprint density at radius 1 is 1.35 bits per heavy atom. The lowest BCUT2D eigenvalue weighted by Crippen LogP contribution is -2.48. The second-order valence-electron chi connectivity index (χ2n) is 4.30. The zero-order valence-electron chi connectivity index (χ0n) is 10.5. The van der Waals surface area contributed by atoms with Gasteiger partial charge in [-0.1, -0.05) is 0 Å². The summed E-state index contributed by atoms with van der Waals surface area (Å²) in [5.74, 6) is -0.400. The van der Waals surface area contributed by atoms with Crippen molar-refractivity contribution in [2.45, 2.75) is 33.1 Å². The number of amides is 2. The molecule has 1 aliphatic rings. The quantitative estimate of drug-likeness (QED) is 0.763. The summed E-state index contributed by atoms with van der Waals surface area (Å²) in [6.07, 6.45) is 2.12. The monoisotopic (exact) mass is 237 g/mol. The van der Waals surface area contributed by atoms with E-state index in [9.17, 15) is 9.59 Å². The zero-order valence-corrected chi connectivity index (χ0v) is 10.5. The molecule has 5 nitrogen and oxygen atoms in total. The summed E-state index contributed by atoms with van der Waals surface area (Å²) in [6.45, 7) is 5.05. The van der Waals surface area contributed by atoms with Gasteiger partial charge in [-0.3, -0.25) is 9.59 Å². The predicted molar refractivity (Wildman–Crippen MR) is 62.8 cm³/mol. The lowest BCUT2D eigenvalue weighted by atomic mass is 9.69. The Morgan fingerprint density at radius 2 is 1.94 bits per heavy atom. The van der Waals surface area contributed by atoms with Gasteiger partial charge < -0.3 is 10.2 Å². The van der Waals surface area contributed by atoms with Crippen LogP contribution in [0, 0.1) is 16.7 Å². The standard InChI is InChI=1S/C12H19N3O2/c1-3-15(4-2)10(16)8-14-11(17)12(9-13)6-5-7-12/h3-8H2,1-2H3,(H,14,17). The average molecular weight is 237 g/mol. The third-order valence-electron chi connectivity index (χ3n) is 3.37. The minimum absolute atomic E-state index is 0.00998. The minimum Gasteiger partial charge on any atom is -0.346 e. The normalized spacial score (nSPS) is 16.5. The summed E-state index contributed by atoms with van der Waals surface area (Å²) in [5, 5.41) is 11.5. The van der Waals surface area contributed by atoms with E-state index in [1.165, 1.54) is 0 Å². The van der Waals surface area contributed by atoms with Gasteiger partial charge in [0.15, 0.2) is 0 Å². The van der Waals surface area contributed by atoms with Crippen LogP contribution in [-0.4, -0.2) is 36.3 Å². The number of carbonyl (C=O) groups excluding carboxylic acids is 2. The molecule has 0 saturated heterocycles. The maximum absolute atomic E-state index is 11.8. The molecule has 0 radical (unpaired) electrons. The van der Waals surface area contributed by atoms with Crippen LogP contribution in [0.4, 0.5) is 0 Å². The van der Waals surface area contributed by atoms with Gasteiger partial charge in [0.1, 0.15) is 5.41 Å². The molecule has 0 spiro atoms. The maximum atomic E-state index is 11.8. The highest BCUT2D eigenvalue weighted by atomic mass is 16.2. The smallest absolute Gasteiger partial charge is 0.241 e. The summed E-state index contributed by atoms with van der Waals surface area (Å²) in [5.41, 5.74) is -0.871. The second kappa shape index (κ2) is 5.67. The van der Waals surface area contributed by atoms with E-state index in [1.54, 1.807) is 4.90 Å². The molecule has 1 saturated carbocycles. The number of nitrogens with one attached hydrogen (secondary N) is 1. The number of nitrogens with zero attached hydrogens (tertiary/aromatic N) is 2. The molecule has 1 aliphatic carbocycles. The molecule has 0 aromatic heterocycles. The molecule has 0 unspecified atom stereocenters. The molecule has 0 atom stereocenters. The summed E-state index contributed by atoms with van der Waals surface area (Å²) in [6, 6.07) is 2.06. The molecular formula is C12H19N3O2. The van der Waals surface area contributed by atoms with Gasteiger partial charge in [0, 0.05) is 13.1 Å². The van der Waals surface area contributed by atoms with E-state index in [4.69, 9.17) is 5.26 Å². The number of carbonyl (C=O) groups is 2. The highest BCUT2D eigenvalue weighted by Crippen LogP contribution is 2.40. The molecule has 94 valence electrons. The molecule has 1 fully saturated rings. The minimum atomic E-state index is -0.871. The number of likely N-dealkylation sites (N-methyl/N-ethyl adjacent to an activating group) is 1. The Morgan fingerprint density at radius 3 is 2.29 bits per heavy atom. The SMILES string of the molecule is CCN(CC)C(=O)CNC(=O)C1(C#N)CCC1. The third-order valence-corrected chi connectivity index (χ3v) is 3.37. The van der Waals surface area contributed by atoms with Crippen LogP contribution in [0.3, 0.4) is 0 Å². The average Bonchev–Trinajstić information content (AvgIpc) is 2.27. The van der Waals surface area contributed by atoms with Crippen molar-refractivity contribution in [3.05, 3.63) is 0 Å². The molecule has 2 amide bonds. The molecule has 0 aromatic carbocycles. The summed E-state index contributed by atoms with van der Waals surface area (Å²) >= 11 is 0. The van der Waals surface area contributed by atoms with Crippen LogP contribution in [0.2, 0.25) is 0 Å². The first-order chi connectivity index (χ1) is 8.09. The largest absolute Gasteiger partial charge is 0.346 e. The van der Waals surface area contributed by atoms with E-state index in [0.29, 0.717) is 25.9 Å². The van der Waals surface area contributed by atoms with Gasteiger partial charge in [0.05, 0.1) is 12.6 Å².